The molecule has 8 fully saturated rings. The zero-order valence-corrected chi connectivity index (χ0v) is 34.2. The maximum atomic E-state index is 12.2. The van der Waals surface area contributed by atoms with E-state index in [1.807, 2.05) is 13.8 Å². The minimum atomic E-state index is -1.53. The lowest BCUT2D eigenvalue weighted by atomic mass is 9.41. The molecule has 0 aromatic carbocycles. The van der Waals surface area contributed by atoms with Gasteiger partial charge in [-0.1, -0.05) is 34.6 Å². The second kappa shape index (κ2) is 14.0. The van der Waals surface area contributed by atoms with E-state index in [4.69, 9.17) is 23.7 Å². The van der Waals surface area contributed by atoms with E-state index < -0.39 is 92.4 Å². The first-order chi connectivity index (χ1) is 26.1. The lowest BCUT2D eigenvalue weighted by Crippen LogP contribution is -2.62. The molecule has 3 saturated heterocycles. The van der Waals surface area contributed by atoms with E-state index in [0.717, 1.165) is 44.9 Å². The summed E-state index contributed by atoms with van der Waals surface area (Å²) in [4.78, 5) is 0. The molecule has 5 saturated carbocycles. The molecule has 22 atom stereocenters. The first kappa shape index (κ1) is 42.1. The van der Waals surface area contributed by atoms with Crippen LogP contribution >= 0.6 is 0 Å². The average Bonchev–Trinajstić information content (AvgIpc) is 3.63. The van der Waals surface area contributed by atoms with E-state index in [0.29, 0.717) is 18.3 Å². The van der Waals surface area contributed by atoms with E-state index in [-0.39, 0.29) is 51.1 Å². The standard InChI is InChI=1S/C42H70O14/c1-19(21-14-27(38(4,5)56-21)55-36-34(51)32(49)30(47)23(17-44)53-36)28-20(45)15-40(7)25-9-8-24-37(2,3)26(54-35-33(50)31(48)29(46)22(16-43)52-35)10-11-41(24)18-42(25,41)13-12-39(28,40)6/h19-36,43-51H,8-18H2,1-7H3/t19-,20+,21-,22-,23-,24+,25+,26+,27+,28+,29-,30-,31+,32+,33-,34-,35+,36+,39-,40+,41-,42+/m1/s1. The fourth-order valence-corrected chi connectivity index (χ4v) is 15.1. The van der Waals surface area contributed by atoms with Crippen molar-refractivity contribution in [1.29, 1.82) is 0 Å². The number of aliphatic hydroxyl groups is 9. The van der Waals surface area contributed by atoms with Crippen LogP contribution in [-0.2, 0) is 23.7 Å². The van der Waals surface area contributed by atoms with Crippen molar-refractivity contribution in [3.63, 3.8) is 0 Å². The van der Waals surface area contributed by atoms with Crippen LogP contribution in [0, 0.1) is 50.7 Å². The van der Waals surface area contributed by atoms with Crippen molar-refractivity contribution in [2.24, 2.45) is 50.7 Å². The van der Waals surface area contributed by atoms with E-state index in [1.54, 1.807) is 0 Å². The number of ether oxygens (including phenoxy) is 5. The minimum absolute atomic E-state index is 0.00741. The Labute approximate surface area is 330 Å². The number of rotatable bonds is 8. The summed E-state index contributed by atoms with van der Waals surface area (Å²) in [7, 11) is 0. The van der Waals surface area contributed by atoms with Gasteiger partial charge in [0.2, 0.25) is 0 Å². The molecule has 3 aliphatic heterocycles. The monoisotopic (exact) mass is 798 g/mol. The van der Waals surface area contributed by atoms with Crippen LogP contribution in [0.15, 0.2) is 0 Å². The molecule has 2 spiro atoms. The Morgan fingerprint density at radius 2 is 1.16 bits per heavy atom. The maximum absolute atomic E-state index is 12.2. The lowest BCUT2D eigenvalue weighted by Gasteiger charge is -2.63. The van der Waals surface area contributed by atoms with Crippen LogP contribution in [0.5, 0.6) is 0 Å². The van der Waals surface area contributed by atoms with Crippen molar-refractivity contribution in [3.8, 4) is 0 Å². The highest BCUT2D eigenvalue weighted by molar-refractivity contribution is 5.31. The van der Waals surface area contributed by atoms with Crippen molar-refractivity contribution >= 4 is 0 Å². The molecule has 0 radical (unpaired) electrons. The zero-order valence-electron chi connectivity index (χ0n) is 34.2. The number of aliphatic hydroxyl groups excluding tert-OH is 9. The summed E-state index contributed by atoms with van der Waals surface area (Å²) in [5, 5.41) is 94.5. The largest absolute Gasteiger partial charge is 0.394 e. The van der Waals surface area contributed by atoms with Gasteiger partial charge >= 0.3 is 0 Å². The number of hydrogen-bond donors (Lipinski definition) is 9. The molecule has 8 rings (SSSR count). The van der Waals surface area contributed by atoms with Gasteiger partial charge in [-0.15, -0.1) is 0 Å². The Hall–Kier alpha value is -0.560. The van der Waals surface area contributed by atoms with Gasteiger partial charge in [0.25, 0.3) is 0 Å². The third kappa shape index (κ3) is 5.78. The topological polar surface area (TPSA) is 228 Å². The zero-order chi connectivity index (χ0) is 40.7. The van der Waals surface area contributed by atoms with Gasteiger partial charge < -0.3 is 69.6 Å². The summed E-state index contributed by atoms with van der Waals surface area (Å²) >= 11 is 0. The Bertz CT molecular complexity index is 1460. The van der Waals surface area contributed by atoms with Crippen LogP contribution in [0.25, 0.3) is 0 Å². The first-order valence-electron chi connectivity index (χ1n) is 21.4. The molecule has 5 aliphatic carbocycles. The van der Waals surface area contributed by atoms with Gasteiger partial charge in [0.15, 0.2) is 12.6 Å². The van der Waals surface area contributed by atoms with Crippen LogP contribution in [0.2, 0.25) is 0 Å². The van der Waals surface area contributed by atoms with Gasteiger partial charge in [-0.3, -0.25) is 0 Å². The molecular formula is C42H70O14. The predicted molar refractivity (Wildman–Crippen MR) is 198 cm³/mol. The van der Waals surface area contributed by atoms with Crippen molar-refractivity contribution in [3.05, 3.63) is 0 Å². The summed E-state index contributed by atoms with van der Waals surface area (Å²) in [6.07, 6.45) is -6.39. The Morgan fingerprint density at radius 3 is 1.73 bits per heavy atom. The molecule has 0 amide bonds. The summed E-state index contributed by atoms with van der Waals surface area (Å²) < 4.78 is 31.0. The highest BCUT2D eigenvalue weighted by atomic mass is 16.7. The van der Waals surface area contributed by atoms with Gasteiger partial charge in [0.05, 0.1) is 43.2 Å². The van der Waals surface area contributed by atoms with Crippen LogP contribution in [0.4, 0.5) is 0 Å². The molecule has 8 aliphatic rings. The van der Waals surface area contributed by atoms with E-state index >= 15 is 0 Å². The summed E-state index contributed by atoms with van der Waals surface area (Å²) in [6.45, 7) is 14.4. The maximum Gasteiger partial charge on any atom is 0.187 e. The number of fused-ring (bicyclic) bond motifs is 2. The Balaban J connectivity index is 0.972. The molecule has 56 heavy (non-hydrogen) atoms. The van der Waals surface area contributed by atoms with Gasteiger partial charge in [0, 0.05) is 6.42 Å². The Morgan fingerprint density at radius 1 is 0.625 bits per heavy atom. The van der Waals surface area contributed by atoms with Crippen LogP contribution < -0.4 is 0 Å². The molecular weight excluding hydrogens is 728 g/mol. The highest BCUT2D eigenvalue weighted by Gasteiger charge is 2.83. The normalized spacial score (nSPS) is 57.8. The average molecular weight is 799 g/mol. The summed E-state index contributed by atoms with van der Waals surface area (Å²) in [5.74, 6) is 0.826. The number of hydrogen-bond acceptors (Lipinski definition) is 14. The smallest absolute Gasteiger partial charge is 0.187 e. The van der Waals surface area contributed by atoms with Crippen molar-refractivity contribution < 1.29 is 69.6 Å². The van der Waals surface area contributed by atoms with Crippen LogP contribution in [0.1, 0.15) is 106 Å². The summed E-state index contributed by atoms with van der Waals surface area (Å²) in [5.41, 5.74) is -0.891. The van der Waals surface area contributed by atoms with Crippen molar-refractivity contribution in [2.45, 2.75) is 198 Å². The molecule has 14 nitrogen and oxygen atoms in total. The van der Waals surface area contributed by atoms with Gasteiger partial charge in [-0.25, -0.2) is 0 Å². The lowest BCUT2D eigenvalue weighted by molar-refractivity contribution is -0.326. The fraction of sp³-hybridized carbons (Fsp3) is 1.00. The molecule has 0 bridgehead atoms. The van der Waals surface area contributed by atoms with Crippen molar-refractivity contribution in [1.82, 2.24) is 0 Å². The quantitative estimate of drug-likeness (QED) is 0.156. The molecule has 0 aromatic rings. The van der Waals surface area contributed by atoms with E-state index in [2.05, 4.69) is 34.6 Å². The predicted octanol–water partition coefficient (Wildman–Crippen LogP) is 0.970. The summed E-state index contributed by atoms with van der Waals surface area (Å²) in [6, 6.07) is 0. The fourth-order valence-electron chi connectivity index (χ4n) is 15.1. The SMILES string of the molecule is C[C@@H]([C@H]1[C@@H](O)C[C@@]2(C)[C@@H]3CC[C@H]4C(C)(C)[C@@H](O[C@@H]5O[C@H](CO)[C@@H](O)[C@H](O)[C@H]5O)CC[C@@]45C[C@@]35CC[C@]12C)[C@H]1C[C@H](O[C@@H]2O[C@H](CO)[C@@H](O)[C@H](O)[C@H]2O)C(C)(C)O1. The second-order valence-electron chi connectivity index (χ2n) is 21.2. The van der Waals surface area contributed by atoms with Crippen molar-refractivity contribution in [2.75, 3.05) is 13.2 Å². The minimum Gasteiger partial charge on any atom is -0.394 e. The van der Waals surface area contributed by atoms with Gasteiger partial charge in [-0.05, 0) is 116 Å². The molecule has 3 heterocycles. The third-order valence-electron chi connectivity index (χ3n) is 18.2. The Kier molecular flexibility index (Phi) is 10.5. The molecule has 9 N–H and O–H groups in total. The van der Waals surface area contributed by atoms with E-state index in [1.165, 1.54) is 6.42 Å². The van der Waals surface area contributed by atoms with Gasteiger partial charge in [0.1, 0.15) is 48.8 Å². The second-order valence-corrected chi connectivity index (χ2v) is 21.2. The first-order valence-corrected chi connectivity index (χ1v) is 21.4. The van der Waals surface area contributed by atoms with E-state index in [9.17, 15) is 46.0 Å². The molecule has 322 valence electrons. The molecule has 14 heteroatoms. The third-order valence-corrected chi connectivity index (χ3v) is 18.2. The molecule has 0 aromatic heterocycles. The van der Waals surface area contributed by atoms with Crippen LogP contribution in [-0.4, -0.2) is 151 Å². The van der Waals surface area contributed by atoms with Crippen LogP contribution in [0.3, 0.4) is 0 Å². The highest BCUT2D eigenvalue weighted by Crippen LogP contribution is 2.89. The van der Waals surface area contributed by atoms with Gasteiger partial charge in [-0.2, -0.15) is 0 Å². The molecule has 0 unspecified atom stereocenters.